The Morgan fingerprint density at radius 2 is 2.23 bits per heavy atom. The molecule has 3 unspecified atom stereocenters. The van der Waals surface area contributed by atoms with Crippen molar-refractivity contribution in [3.05, 3.63) is 0 Å². The van der Waals surface area contributed by atoms with E-state index >= 15 is 0 Å². The molecule has 1 aliphatic rings. The van der Waals surface area contributed by atoms with Gasteiger partial charge in [0.25, 0.3) is 0 Å². The lowest BCUT2D eigenvalue weighted by atomic mass is 9.96. The second-order valence-corrected chi connectivity index (χ2v) is 5.98. The van der Waals surface area contributed by atoms with Crippen molar-refractivity contribution in [2.24, 2.45) is 5.92 Å². The topological polar surface area (TPSA) is 54.4 Å². The van der Waals surface area contributed by atoms with Crippen molar-refractivity contribution >= 4 is 9.84 Å². The van der Waals surface area contributed by atoms with Crippen molar-refractivity contribution in [2.75, 3.05) is 11.5 Å². The van der Waals surface area contributed by atoms with E-state index in [0.717, 1.165) is 0 Å². The minimum Gasteiger partial charge on any atom is -0.393 e. The summed E-state index contributed by atoms with van der Waals surface area (Å²) >= 11 is 0. The van der Waals surface area contributed by atoms with Crippen molar-refractivity contribution in [1.29, 1.82) is 0 Å². The van der Waals surface area contributed by atoms with E-state index in [4.69, 9.17) is 0 Å². The molecule has 1 rings (SSSR count). The molecule has 5 heteroatoms. The van der Waals surface area contributed by atoms with Gasteiger partial charge < -0.3 is 5.11 Å². The number of alkyl halides is 1. The fourth-order valence-corrected chi connectivity index (χ4v) is 3.48. The van der Waals surface area contributed by atoms with E-state index < -0.39 is 28.0 Å². The molecule has 0 aromatic heterocycles. The fraction of sp³-hybridized carbons (Fsp3) is 1.00. The van der Waals surface area contributed by atoms with Crippen LogP contribution in [0.4, 0.5) is 4.39 Å². The van der Waals surface area contributed by atoms with Crippen LogP contribution in [0.5, 0.6) is 0 Å². The van der Waals surface area contributed by atoms with Crippen molar-refractivity contribution < 1.29 is 17.9 Å². The Kier molecular flexibility index (Phi) is 3.29. The average molecular weight is 210 g/mol. The summed E-state index contributed by atoms with van der Waals surface area (Å²) in [7, 11) is -3.04. The third-order valence-corrected chi connectivity index (χ3v) is 4.16. The summed E-state index contributed by atoms with van der Waals surface area (Å²) in [6.45, 7) is 1.38. The lowest BCUT2D eigenvalue weighted by Crippen LogP contribution is -2.37. The molecule has 0 saturated carbocycles. The zero-order valence-corrected chi connectivity index (χ0v) is 8.43. The average Bonchev–Trinajstić information content (AvgIpc) is 1.95. The van der Waals surface area contributed by atoms with Crippen LogP contribution in [-0.4, -0.2) is 37.3 Å². The van der Waals surface area contributed by atoms with Gasteiger partial charge in [-0.2, -0.15) is 0 Å². The SMILES string of the molecule is CC(F)CC1CS(=O)(=O)CCC1O. The highest BCUT2D eigenvalue weighted by atomic mass is 32.2. The number of hydrogen-bond acceptors (Lipinski definition) is 3. The zero-order valence-electron chi connectivity index (χ0n) is 7.61. The van der Waals surface area contributed by atoms with E-state index in [9.17, 15) is 17.9 Å². The van der Waals surface area contributed by atoms with E-state index in [0.29, 0.717) is 0 Å². The third-order valence-electron chi connectivity index (χ3n) is 2.36. The van der Waals surface area contributed by atoms with Crippen LogP contribution in [0.25, 0.3) is 0 Å². The summed E-state index contributed by atoms with van der Waals surface area (Å²) in [5, 5.41) is 9.42. The molecule has 0 bridgehead atoms. The predicted octanol–water partition coefficient (Wildman–Crippen LogP) is 0.530. The Bertz CT molecular complexity index is 261. The molecule has 0 amide bonds. The first-order chi connectivity index (χ1) is 5.91. The standard InChI is InChI=1S/C8H15FO3S/c1-6(9)4-7-5-13(11,12)3-2-8(7)10/h6-8,10H,2-5H2,1H3. The third kappa shape index (κ3) is 3.23. The van der Waals surface area contributed by atoms with Crippen LogP contribution >= 0.6 is 0 Å². The van der Waals surface area contributed by atoms with Gasteiger partial charge in [0, 0.05) is 5.92 Å². The Hall–Kier alpha value is -0.160. The maximum Gasteiger partial charge on any atom is 0.150 e. The van der Waals surface area contributed by atoms with Gasteiger partial charge in [0.1, 0.15) is 0 Å². The molecule has 3 atom stereocenters. The summed E-state index contributed by atoms with van der Waals surface area (Å²) in [5.41, 5.74) is 0. The Morgan fingerprint density at radius 3 is 2.77 bits per heavy atom. The fourth-order valence-electron chi connectivity index (χ4n) is 1.70. The van der Waals surface area contributed by atoms with Gasteiger partial charge in [0.05, 0.1) is 23.8 Å². The number of aliphatic hydroxyl groups is 1. The van der Waals surface area contributed by atoms with Gasteiger partial charge in [-0.1, -0.05) is 0 Å². The van der Waals surface area contributed by atoms with E-state index in [1.54, 1.807) is 0 Å². The molecule has 1 heterocycles. The molecule has 78 valence electrons. The van der Waals surface area contributed by atoms with Gasteiger partial charge in [0.15, 0.2) is 9.84 Å². The maximum atomic E-state index is 12.6. The minimum absolute atomic E-state index is 0.0331. The minimum atomic E-state index is -3.04. The second kappa shape index (κ2) is 3.92. The zero-order chi connectivity index (χ0) is 10.1. The van der Waals surface area contributed by atoms with Crippen molar-refractivity contribution in [1.82, 2.24) is 0 Å². The van der Waals surface area contributed by atoms with Crippen LogP contribution in [0.2, 0.25) is 0 Å². The molecule has 0 aliphatic carbocycles. The van der Waals surface area contributed by atoms with Crippen LogP contribution in [0.1, 0.15) is 19.8 Å². The van der Waals surface area contributed by atoms with E-state index in [-0.39, 0.29) is 24.3 Å². The van der Waals surface area contributed by atoms with Crippen LogP contribution in [0, 0.1) is 5.92 Å². The lowest BCUT2D eigenvalue weighted by molar-refractivity contribution is 0.0909. The van der Waals surface area contributed by atoms with Crippen molar-refractivity contribution in [3.63, 3.8) is 0 Å². The van der Waals surface area contributed by atoms with E-state index in [2.05, 4.69) is 0 Å². The lowest BCUT2D eigenvalue weighted by Gasteiger charge is -2.27. The molecule has 0 spiro atoms. The largest absolute Gasteiger partial charge is 0.393 e. The first kappa shape index (κ1) is 10.9. The summed E-state index contributed by atoms with van der Waals surface area (Å²) < 4.78 is 34.9. The highest BCUT2D eigenvalue weighted by molar-refractivity contribution is 7.91. The van der Waals surface area contributed by atoms with Crippen LogP contribution in [0.3, 0.4) is 0 Å². The summed E-state index contributed by atoms with van der Waals surface area (Å²) in [5.74, 6) is -0.452. The molecule has 1 fully saturated rings. The highest BCUT2D eigenvalue weighted by Gasteiger charge is 2.32. The van der Waals surface area contributed by atoms with Crippen LogP contribution in [-0.2, 0) is 9.84 Å². The summed E-state index contributed by atoms with van der Waals surface area (Å²) in [6.07, 6.45) is -1.31. The molecule has 1 N–H and O–H groups in total. The van der Waals surface area contributed by atoms with E-state index in [1.807, 2.05) is 0 Å². The molecule has 1 saturated heterocycles. The van der Waals surface area contributed by atoms with Crippen LogP contribution < -0.4 is 0 Å². The maximum absolute atomic E-state index is 12.6. The van der Waals surface area contributed by atoms with Gasteiger partial charge in [-0.25, -0.2) is 12.8 Å². The number of halogens is 1. The summed E-state index contributed by atoms with van der Waals surface area (Å²) in [4.78, 5) is 0. The van der Waals surface area contributed by atoms with Gasteiger partial charge in [-0.05, 0) is 19.8 Å². The Morgan fingerprint density at radius 1 is 1.62 bits per heavy atom. The van der Waals surface area contributed by atoms with Crippen LogP contribution in [0.15, 0.2) is 0 Å². The molecule has 1 aliphatic heterocycles. The van der Waals surface area contributed by atoms with Gasteiger partial charge >= 0.3 is 0 Å². The number of rotatable bonds is 2. The Labute approximate surface area is 77.9 Å². The molecular formula is C8H15FO3S. The van der Waals surface area contributed by atoms with Crippen molar-refractivity contribution in [3.8, 4) is 0 Å². The molecular weight excluding hydrogens is 195 g/mol. The first-order valence-corrected chi connectivity index (χ1v) is 6.25. The van der Waals surface area contributed by atoms with Gasteiger partial charge in [-0.3, -0.25) is 0 Å². The van der Waals surface area contributed by atoms with Gasteiger partial charge in [-0.15, -0.1) is 0 Å². The van der Waals surface area contributed by atoms with E-state index in [1.165, 1.54) is 6.92 Å². The normalized spacial score (nSPS) is 35.6. The monoisotopic (exact) mass is 210 g/mol. The van der Waals surface area contributed by atoms with Crippen molar-refractivity contribution in [2.45, 2.75) is 32.0 Å². The first-order valence-electron chi connectivity index (χ1n) is 4.43. The smallest absolute Gasteiger partial charge is 0.150 e. The number of hydrogen-bond donors (Lipinski definition) is 1. The molecule has 13 heavy (non-hydrogen) atoms. The molecule has 0 radical (unpaired) electrons. The molecule has 3 nitrogen and oxygen atoms in total. The molecule has 0 aromatic carbocycles. The van der Waals surface area contributed by atoms with Gasteiger partial charge in [0.2, 0.25) is 0 Å². The second-order valence-electron chi connectivity index (χ2n) is 3.75. The highest BCUT2D eigenvalue weighted by Crippen LogP contribution is 2.23. The predicted molar refractivity (Wildman–Crippen MR) is 48.0 cm³/mol. The number of aliphatic hydroxyl groups excluding tert-OH is 1. The Balaban J connectivity index is 2.61. The summed E-state index contributed by atoms with van der Waals surface area (Å²) in [6, 6.07) is 0. The molecule has 0 aromatic rings. The number of sulfone groups is 1. The quantitative estimate of drug-likeness (QED) is 0.723.